The molecular formula is C15H16INO. The summed E-state index contributed by atoms with van der Waals surface area (Å²) in [5.41, 5.74) is 9.70. The lowest BCUT2D eigenvalue weighted by Gasteiger charge is -2.16. The molecule has 3 heteroatoms. The molecule has 0 aliphatic rings. The van der Waals surface area contributed by atoms with Crippen LogP contribution in [0.3, 0.4) is 0 Å². The molecule has 0 bridgehead atoms. The minimum absolute atomic E-state index is 0.0947. The van der Waals surface area contributed by atoms with Crippen LogP contribution in [0, 0.1) is 10.5 Å². The molecule has 18 heavy (non-hydrogen) atoms. The molecule has 2 N–H and O–H groups in total. The molecule has 1 atom stereocenters. The molecule has 0 heterocycles. The summed E-state index contributed by atoms with van der Waals surface area (Å²) in [6.07, 6.45) is 0. The Morgan fingerprint density at radius 2 is 1.89 bits per heavy atom. The smallest absolute Gasteiger partial charge is 0.121 e. The predicted octanol–water partition coefficient (Wildman–Crippen LogP) is 3.66. The third-order valence-corrected chi connectivity index (χ3v) is 4.00. The average Bonchev–Trinajstić information content (AvgIpc) is 2.38. The van der Waals surface area contributed by atoms with E-state index in [0.29, 0.717) is 0 Å². The number of hydrogen-bond acceptors (Lipinski definition) is 2. The standard InChI is InChI=1S/C15H16INO/c1-10-9-11(7-8-14(10)18-2)15(17)12-5-3-4-6-13(12)16/h3-9,15H,17H2,1-2H3. The van der Waals surface area contributed by atoms with Crippen molar-refractivity contribution in [2.75, 3.05) is 7.11 Å². The fraction of sp³-hybridized carbons (Fsp3) is 0.200. The van der Waals surface area contributed by atoms with E-state index >= 15 is 0 Å². The minimum Gasteiger partial charge on any atom is -0.496 e. The zero-order valence-electron chi connectivity index (χ0n) is 10.5. The summed E-state index contributed by atoms with van der Waals surface area (Å²) in [6, 6.07) is 14.2. The zero-order chi connectivity index (χ0) is 13.1. The van der Waals surface area contributed by atoms with E-state index in [1.165, 1.54) is 3.57 Å². The number of ether oxygens (including phenoxy) is 1. The Labute approximate surface area is 121 Å². The summed E-state index contributed by atoms with van der Waals surface area (Å²) in [7, 11) is 1.68. The molecule has 1 unspecified atom stereocenters. The van der Waals surface area contributed by atoms with Gasteiger partial charge in [-0.1, -0.05) is 30.3 Å². The number of benzene rings is 2. The summed E-state index contributed by atoms with van der Waals surface area (Å²) >= 11 is 2.32. The van der Waals surface area contributed by atoms with Crippen LogP contribution in [0.25, 0.3) is 0 Å². The molecule has 0 saturated carbocycles. The van der Waals surface area contributed by atoms with Gasteiger partial charge in [-0.15, -0.1) is 0 Å². The van der Waals surface area contributed by atoms with E-state index in [4.69, 9.17) is 10.5 Å². The first-order chi connectivity index (χ1) is 8.63. The minimum atomic E-state index is -0.0947. The van der Waals surface area contributed by atoms with Gasteiger partial charge in [0.05, 0.1) is 13.2 Å². The Hall–Kier alpha value is -1.07. The second-order valence-electron chi connectivity index (χ2n) is 4.23. The molecular weight excluding hydrogens is 337 g/mol. The molecule has 0 saturated heterocycles. The Bertz CT molecular complexity index is 554. The van der Waals surface area contributed by atoms with Gasteiger partial charge in [0, 0.05) is 3.57 Å². The van der Waals surface area contributed by atoms with Gasteiger partial charge >= 0.3 is 0 Å². The van der Waals surface area contributed by atoms with Crippen molar-refractivity contribution in [3.63, 3.8) is 0 Å². The maximum atomic E-state index is 6.33. The van der Waals surface area contributed by atoms with Gasteiger partial charge in [-0.2, -0.15) is 0 Å². The third-order valence-electron chi connectivity index (χ3n) is 3.02. The second-order valence-corrected chi connectivity index (χ2v) is 5.39. The molecule has 0 aliphatic heterocycles. The summed E-state index contributed by atoms with van der Waals surface area (Å²) in [5.74, 6) is 0.897. The van der Waals surface area contributed by atoms with Crippen LogP contribution in [0.2, 0.25) is 0 Å². The molecule has 0 radical (unpaired) electrons. The van der Waals surface area contributed by atoms with Crippen molar-refractivity contribution in [1.82, 2.24) is 0 Å². The number of methoxy groups -OCH3 is 1. The van der Waals surface area contributed by atoms with Crippen LogP contribution in [0.1, 0.15) is 22.7 Å². The Kier molecular flexibility index (Phi) is 4.24. The van der Waals surface area contributed by atoms with Gasteiger partial charge in [-0.25, -0.2) is 0 Å². The van der Waals surface area contributed by atoms with Crippen LogP contribution in [-0.2, 0) is 0 Å². The molecule has 2 nitrogen and oxygen atoms in total. The molecule has 0 aromatic heterocycles. The van der Waals surface area contributed by atoms with E-state index in [1.54, 1.807) is 7.11 Å². The highest BCUT2D eigenvalue weighted by molar-refractivity contribution is 14.1. The van der Waals surface area contributed by atoms with Gasteiger partial charge in [0.2, 0.25) is 0 Å². The summed E-state index contributed by atoms with van der Waals surface area (Å²) in [4.78, 5) is 0. The van der Waals surface area contributed by atoms with Gasteiger partial charge in [0.15, 0.2) is 0 Å². The second kappa shape index (κ2) is 5.71. The van der Waals surface area contributed by atoms with Gasteiger partial charge in [-0.05, 0) is 58.3 Å². The average molecular weight is 353 g/mol. The van der Waals surface area contributed by atoms with Gasteiger partial charge < -0.3 is 10.5 Å². The van der Waals surface area contributed by atoms with E-state index in [0.717, 1.165) is 22.4 Å². The van der Waals surface area contributed by atoms with Crippen LogP contribution in [-0.4, -0.2) is 7.11 Å². The fourth-order valence-electron chi connectivity index (χ4n) is 2.00. The first kappa shape index (κ1) is 13.4. The van der Waals surface area contributed by atoms with Crippen molar-refractivity contribution in [2.45, 2.75) is 13.0 Å². The Morgan fingerprint density at radius 1 is 1.17 bits per heavy atom. The molecule has 2 aromatic carbocycles. The molecule has 0 aliphatic carbocycles. The third kappa shape index (κ3) is 2.67. The highest BCUT2D eigenvalue weighted by Gasteiger charge is 2.12. The lowest BCUT2D eigenvalue weighted by molar-refractivity contribution is 0.411. The monoisotopic (exact) mass is 353 g/mol. The van der Waals surface area contributed by atoms with Gasteiger partial charge in [0.25, 0.3) is 0 Å². The summed E-state index contributed by atoms with van der Waals surface area (Å²) in [6.45, 7) is 2.03. The van der Waals surface area contributed by atoms with Crippen molar-refractivity contribution in [3.8, 4) is 5.75 Å². The van der Waals surface area contributed by atoms with E-state index in [2.05, 4.69) is 40.8 Å². The van der Waals surface area contributed by atoms with Gasteiger partial charge in [-0.3, -0.25) is 0 Å². The highest BCUT2D eigenvalue weighted by atomic mass is 127. The maximum Gasteiger partial charge on any atom is 0.121 e. The molecule has 2 aromatic rings. The van der Waals surface area contributed by atoms with Crippen LogP contribution >= 0.6 is 22.6 Å². The summed E-state index contributed by atoms with van der Waals surface area (Å²) in [5, 5.41) is 0. The van der Waals surface area contributed by atoms with Crippen molar-refractivity contribution in [3.05, 3.63) is 62.7 Å². The largest absolute Gasteiger partial charge is 0.496 e. The van der Waals surface area contributed by atoms with Crippen LogP contribution in [0.5, 0.6) is 5.75 Å². The van der Waals surface area contributed by atoms with Crippen LogP contribution in [0.4, 0.5) is 0 Å². The lowest BCUT2D eigenvalue weighted by atomic mass is 9.98. The predicted molar refractivity (Wildman–Crippen MR) is 82.9 cm³/mol. The van der Waals surface area contributed by atoms with E-state index in [9.17, 15) is 0 Å². The molecule has 0 amide bonds. The normalized spacial score (nSPS) is 12.2. The number of halogens is 1. The first-order valence-electron chi connectivity index (χ1n) is 5.78. The van der Waals surface area contributed by atoms with Crippen LogP contribution < -0.4 is 10.5 Å². The number of hydrogen-bond donors (Lipinski definition) is 1. The highest BCUT2D eigenvalue weighted by Crippen LogP contribution is 2.27. The topological polar surface area (TPSA) is 35.2 Å². The molecule has 2 rings (SSSR count). The number of nitrogens with two attached hydrogens (primary N) is 1. The molecule has 94 valence electrons. The fourth-order valence-corrected chi connectivity index (χ4v) is 2.72. The van der Waals surface area contributed by atoms with Crippen molar-refractivity contribution in [2.24, 2.45) is 5.73 Å². The first-order valence-corrected chi connectivity index (χ1v) is 6.86. The quantitative estimate of drug-likeness (QED) is 0.855. The number of aryl methyl sites for hydroxylation is 1. The van der Waals surface area contributed by atoms with Crippen molar-refractivity contribution in [1.29, 1.82) is 0 Å². The molecule has 0 fully saturated rings. The van der Waals surface area contributed by atoms with Crippen molar-refractivity contribution < 1.29 is 4.74 Å². The lowest BCUT2D eigenvalue weighted by Crippen LogP contribution is -2.13. The van der Waals surface area contributed by atoms with Crippen molar-refractivity contribution >= 4 is 22.6 Å². The van der Waals surface area contributed by atoms with Crippen LogP contribution in [0.15, 0.2) is 42.5 Å². The van der Waals surface area contributed by atoms with E-state index in [1.807, 2.05) is 31.2 Å². The van der Waals surface area contributed by atoms with Gasteiger partial charge in [0.1, 0.15) is 5.75 Å². The summed E-state index contributed by atoms with van der Waals surface area (Å²) < 4.78 is 6.46. The molecule has 0 spiro atoms. The van der Waals surface area contributed by atoms with E-state index in [-0.39, 0.29) is 6.04 Å². The van der Waals surface area contributed by atoms with E-state index < -0.39 is 0 Å². The SMILES string of the molecule is COc1ccc(C(N)c2ccccc2I)cc1C. The maximum absolute atomic E-state index is 6.33. The Balaban J connectivity index is 2.37. The zero-order valence-corrected chi connectivity index (χ0v) is 12.6. The number of rotatable bonds is 3. The Morgan fingerprint density at radius 3 is 2.50 bits per heavy atom.